The molecule has 1 atom stereocenters. The van der Waals surface area contributed by atoms with Crippen molar-refractivity contribution in [2.75, 3.05) is 11.1 Å². The molecule has 4 rings (SSSR count). The second-order valence-corrected chi connectivity index (χ2v) is 8.27. The van der Waals surface area contributed by atoms with E-state index >= 15 is 0 Å². The Kier molecular flexibility index (Phi) is 5.63. The second-order valence-electron chi connectivity index (χ2n) is 6.07. The molecule has 0 aliphatic rings. The van der Waals surface area contributed by atoms with Gasteiger partial charge in [-0.05, 0) is 31.2 Å². The predicted octanol–water partition coefficient (Wildman–Crippen LogP) is 4.46. The number of carbonyl (C=O) groups is 1. The van der Waals surface area contributed by atoms with Crippen LogP contribution in [0.2, 0.25) is 0 Å². The van der Waals surface area contributed by atoms with E-state index in [4.69, 9.17) is 8.83 Å². The van der Waals surface area contributed by atoms with E-state index in [-0.39, 0.29) is 17.7 Å². The first-order chi connectivity index (χ1) is 13.7. The van der Waals surface area contributed by atoms with Crippen LogP contribution >= 0.6 is 23.1 Å². The minimum absolute atomic E-state index is 0.0850. The van der Waals surface area contributed by atoms with Gasteiger partial charge in [-0.25, -0.2) is 0 Å². The molecule has 0 saturated heterocycles. The molecule has 0 aliphatic carbocycles. The Hall–Kier alpha value is -2.78. The van der Waals surface area contributed by atoms with Crippen molar-refractivity contribution in [2.24, 2.45) is 0 Å². The zero-order valence-electron chi connectivity index (χ0n) is 15.0. The van der Waals surface area contributed by atoms with Crippen molar-refractivity contribution < 1.29 is 13.6 Å². The quantitative estimate of drug-likeness (QED) is 0.411. The monoisotopic (exact) mass is 414 g/mol. The van der Waals surface area contributed by atoms with Crippen molar-refractivity contribution in [1.82, 2.24) is 15.5 Å². The SMILES string of the molecule is C[C@@H](NC(=O)CSc1nnc(NCc2ccco2)s1)c1cc2ccccc2o1. The molecule has 1 aromatic carbocycles. The lowest BCUT2D eigenvalue weighted by Gasteiger charge is -2.10. The van der Waals surface area contributed by atoms with Gasteiger partial charge in [0.1, 0.15) is 17.1 Å². The van der Waals surface area contributed by atoms with Crippen LogP contribution in [0.1, 0.15) is 24.5 Å². The summed E-state index contributed by atoms with van der Waals surface area (Å²) in [7, 11) is 0. The lowest BCUT2D eigenvalue weighted by Crippen LogP contribution is -2.27. The highest BCUT2D eigenvalue weighted by Gasteiger charge is 2.15. The highest BCUT2D eigenvalue weighted by Crippen LogP contribution is 2.27. The number of amides is 1. The van der Waals surface area contributed by atoms with Crippen molar-refractivity contribution in [1.29, 1.82) is 0 Å². The summed E-state index contributed by atoms with van der Waals surface area (Å²) in [6.45, 7) is 2.45. The number of rotatable bonds is 8. The number of aromatic nitrogens is 2. The van der Waals surface area contributed by atoms with E-state index in [1.165, 1.54) is 23.1 Å². The van der Waals surface area contributed by atoms with E-state index in [9.17, 15) is 4.79 Å². The van der Waals surface area contributed by atoms with Crippen LogP contribution in [0.5, 0.6) is 0 Å². The van der Waals surface area contributed by atoms with Crippen LogP contribution in [0.3, 0.4) is 0 Å². The highest BCUT2D eigenvalue weighted by atomic mass is 32.2. The van der Waals surface area contributed by atoms with E-state index < -0.39 is 0 Å². The lowest BCUT2D eigenvalue weighted by atomic mass is 10.2. The van der Waals surface area contributed by atoms with Crippen LogP contribution < -0.4 is 10.6 Å². The summed E-state index contributed by atoms with van der Waals surface area (Å²) in [5.41, 5.74) is 0.816. The van der Waals surface area contributed by atoms with Gasteiger partial charge in [0, 0.05) is 5.39 Å². The van der Waals surface area contributed by atoms with Crippen LogP contribution in [-0.4, -0.2) is 21.9 Å². The zero-order valence-corrected chi connectivity index (χ0v) is 16.7. The van der Waals surface area contributed by atoms with Gasteiger partial charge in [0.25, 0.3) is 0 Å². The number of nitrogens with zero attached hydrogens (tertiary/aromatic N) is 2. The van der Waals surface area contributed by atoms with Gasteiger partial charge >= 0.3 is 0 Å². The lowest BCUT2D eigenvalue weighted by molar-refractivity contribution is -0.119. The van der Waals surface area contributed by atoms with Gasteiger partial charge in [0.05, 0.1) is 24.6 Å². The first-order valence-corrected chi connectivity index (χ1v) is 10.5. The van der Waals surface area contributed by atoms with Crippen LogP contribution in [0.15, 0.2) is 61.9 Å². The summed E-state index contributed by atoms with van der Waals surface area (Å²) in [4.78, 5) is 12.3. The average molecular weight is 415 g/mol. The minimum atomic E-state index is -0.208. The molecule has 0 saturated carbocycles. The number of hydrogen-bond donors (Lipinski definition) is 2. The molecule has 0 radical (unpaired) electrons. The normalized spacial score (nSPS) is 12.2. The summed E-state index contributed by atoms with van der Waals surface area (Å²) in [5.74, 6) is 1.73. The van der Waals surface area contributed by atoms with Gasteiger partial charge in [-0.2, -0.15) is 0 Å². The standard InChI is InChI=1S/C19H18N4O3S2/c1-12(16-9-13-5-2-3-7-15(13)26-16)21-17(24)11-27-19-23-22-18(28-19)20-10-14-6-4-8-25-14/h2-9,12H,10-11H2,1H3,(H,20,22)(H,21,24)/t12-/m1/s1. The average Bonchev–Trinajstić information content (AvgIpc) is 3.45. The Balaban J connectivity index is 1.26. The molecule has 3 heterocycles. The third-order valence-electron chi connectivity index (χ3n) is 3.98. The maximum absolute atomic E-state index is 12.3. The minimum Gasteiger partial charge on any atom is -0.467 e. The van der Waals surface area contributed by atoms with Crippen LogP contribution in [0.25, 0.3) is 11.0 Å². The molecule has 2 N–H and O–H groups in total. The maximum Gasteiger partial charge on any atom is 0.231 e. The molecule has 144 valence electrons. The Morgan fingerprint density at radius 2 is 2.14 bits per heavy atom. The van der Waals surface area contributed by atoms with Gasteiger partial charge < -0.3 is 19.5 Å². The number of thioether (sulfide) groups is 1. The summed E-state index contributed by atoms with van der Waals surface area (Å²) in [5, 5.41) is 16.0. The number of benzene rings is 1. The van der Waals surface area contributed by atoms with E-state index in [0.29, 0.717) is 11.7 Å². The Labute approximate surface area is 169 Å². The second kappa shape index (κ2) is 8.49. The smallest absolute Gasteiger partial charge is 0.231 e. The Morgan fingerprint density at radius 3 is 2.96 bits per heavy atom. The molecule has 0 bridgehead atoms. The summed E-state index contributed by atoms with van der Waals surface area (Å²) in [6.07, 6.45) is 1.63. The third kappa shape index (κ3) is 4.55. The van der Waals surface area contributed by atoms with E-state index in [0.717, 1.165) is 26.8 Å². The van der Waals surface area contributed by atoms with E-state index in [2.05, 4.69) is 20.8 Å². The van der Waals surface area contributed by atoms with Gasteiger partial charge in [0.2, 0.25) is 11.0 Å². The van der Waals surface area contributed by atoms with Crippen LogP contribution in [0.4, 0.5) is 5.13 Å². The number of para-hydroxylation sites is 1. The van der Waals surface area contributed by atoms with Crippen molar-refractivity contribution in [3.63, 3.8) is 0 Å². The molecule has 1 amide bonds. The topological polar surface area (TPSA) is 93.2 Å². The van der Waals surface area contributed by atoms with Crippen LogP contribution in [-0.2, 0) is 11.3 Å². The number of nitrogens with one attached hydrogen (secondary N) is 2. The van der Waals surface area contributed by atoms with Crippen molar-refractivity contribution >= 4 is 45.1 Å². The Bertz CT molecular complexity index is 1030. The van der Waals surface area contributed by atoms with Crippen molar-refractivity contribution in [3.8, 4) is 0 Å². The Morgan fingerprint density at radius 1 is 1.25 bits per heavy atom. The van der Waals surface area contributed by atoms with Gasteiger partial charge in [-0.15, -0.1) is 10.2 Å². The zero-order chi connectivity index (χ0) is 19.3. The number of anilines is 1. The fraction of sp³-hybridized carbons (Fsp3) is 0.211. The van der Waals surface area contributed by atoms with Gasteiger partial charge in [0.15, 0.2) is 4.34 Å². The van der Waals surface area contributed by atoms with E-state index in [1.54, 1.807) is 6.26 Å². The molecular weight excluding hydrogens is 396 g/mol. The predicted molar refractivity (Wildman–Crippen MR) is 109 cm³/mol. The molecule has 0 unspecified atom stereocenters. The molecule has 0 fully saturated rings. The van der Waals surface area contributed by atoms with Crippen LogP contribution in [0, 0.1) is 0 Å². The van der Waals surface area contributed by atoms with E-state index in [1.807, 2.05) is 49.4 Å². The molecule has 4 aromatic rings. The molecule has 3 aromatic heterocycles. The first kappa shape index (κ1) is 18.6. The number of fused-ring (bicyclic) bond motifs is 1. The largest absolute Gasteiger partial charge is 0.467 e. The molecular formula is C19H18N4O3S2. The summed E-state index contributed by atoms with van der Waals surface area (Å²) in [6, 6.07) is 13.3. The third-order valence-corrected chi connectivity index (χ3v) is 5.99. The molecule has 9 heteroatoms. The summed E-state index contributed by atoms with van der Waals surface area (Å²) < 4.78 is 11.8. The van der Waals surface area contributed by atoms with Gasteiger partial charge in [-0.3, -0.25) is 4.79 Å². The number of hydrogen-bond acceptors (Lipinski definition) is 8. The molecule has 7 nitrogen and oxygen atoms in total. The van der Waals surface area contributed by atoms with Crippen molar-refractivity contribution in [3.05, 3.63) is 60.2 Å². The number of furan rings is 2. The number of carbonyl (C=O) groups excluding carboxylic acids is 1. The maximum atomic E-state index is 12.3. The molecule has 0 spiro atoms. The fourth-order valence-corrected chi connectivity index (χ4v) is 4.17. The van der Waals surface area contributed by atoms with Gasteiger partial charge in [-0.1, -0.05) is 41.3 Å². The molecule has 28 heavy (non-hydrogen) atoms. The first-order valence-electron chi connectivity index (χ1n) is 8.68. The highest BCUT2D eigenvalue weighted by molar-refractivity contribution is 8.01. The van der Waals surface area contributed by atoms with Crippen molar-refractivity contribution in [2.45, 2.75) is 23.8 Å². The molecule has 0 aliphatic heterocycles. The fourth-order valence-electron chi connectivity index (χ4n) is 2.61. The summed E-state index contributed by atoms with van der Waals surface area (Å²) >= 11 is 2.76.